The minimum Gasteiger partial charge on any atom is -0.412 e. The van der Waals surface area contributed by atoms with Crippen LogP contribution in [0.25, 0.3) is 0 Å². The third-order valence-corrected chi connectivity index (χ3v) is 0.109. The van der Waals surface area contributed by atoms with E-state index in [0.29, 0.717) is 0 Å². The summed E-state index contributed by atoms with van der Waals surface area (Å²) >= 11 is 0. The van der Waals surface area contributed by atoms with Gasteiger partial charge in [-0.2, -0.15) is 0 Å². The van der Waals surface area contributed by atoms with E-state index >= 15 is 0 Å². The molecule has 0 unspecified atom stereocenters. The van der Waals surface area contributed by atoms with Crippen molar-refractivity contribution in [2.24, 2.45) is 0 Å². The summed E-state index contributed by atoms with van der Waals surface area (Å²) in [6.45, 7) is 0.986. The fourth-order valence-corrected chi connectivity index (χ4v) is 0. The number of hydrogen-bond donors (Lipinski definition) is 0. The van der Waals surface area contributed by atoms with Gasteiger partial charge in [-0.05, 0) is 0 Å². The Balaban J connectivity index is 0. The topological polar surface area (TPSA) is 57.8 Å². The normalized spacial score (nSPS) is 5.67. The van der Waals surface area contributed by atoms with Gasteiger partial charge in [0.05, 0.1) is 0 Å². The highest BCUT2D eigenvalue weighted by Crippen LogP contribution is 1.69. The average Bonchev–Trinajstić information content (AvgIpc) is 1.38. The lowest BCUT2D eigenvalue weighted by Gasteiger charge is -1.71. The van der Waals surface area contributed by atoms with Gasteiger partial charge in [-0.3, -0.25) is 4.94 Å². The largest absolute Gasteiger partial charge is 0.412 e. The van der Waals surface area contributed by atoms with Gasteiger partial charge < -0.3 is 5.48 Å². The molecule has 0 rings (SSSR count). The Kier molecular flexibility index (Phi) is 6.56. The van der Waals surface area contributed by atoms with Gasteiger partial charge in [-0.25, -0.2) is 4.79 Å². The Hall–Kier alpha value is -0.640. The zero-order valence-corrected chi connectivity index (χ0v) is 3.19. The van der Waals surface area contributed by atoms with E-state index < -0.39 is 5.97 Å². The predicted molar refractivity (Wildman–Crippen MR) is 16.5 cm³/mol. The quantitative estimate of drug-likeness (QED) is 0.412. The molecule has 4 heteroatoms. The lowest BCUT2D eigenvalue weighted by atomic mass is 10.9. The van der Waals surface area contributed by atoms with Gasteiger partial charge in [0.2, 0.25) is 0 Å². The van der Waals surface area contributed by atoms with Crippen LogP contribution in [0.4, 0.5) is 4.53 Å². The number of carbonyl (C=O) groups is 1. The maximum absolute atomic E-state index is 10.3. The van der Waals surface area contributed by atoms with Gasteiger partial charge in [0, 0.05) is 11.4 Å². The molecular weight excluding hydrogens is 91.0 g/mol. The second-order valence-electron chi connectivity index (χ2n) is 0.569. The van der Waals surface area contributed by atoms with Gasteiger partial charge in [0.25, 0.3) is 0 Å². The molecule has 0 bridgehead atoms. The third-order valence-electron chi connectivity index (χ3n) is 0.109. The molecule has 3 nitrogen and oxygen atoms in total. The summed E-state index contributed by atoms with van der Waals surface area (Å²) in [6.07, 6.45) is 0. The summed E-state index contributed by atoms with van der Waals surface area (Å²) < 4.78 is 10.3. The summed E-state index contributed by atoms with van der Waals surface area (Å²) in [5, 5.41) is 0. The summed E-state index contributed by atoms with van der Waals surface area (Å²) in [7, 11) is 0. The molecule has 2 N–H and O–H groups in total. The molecule has 0 aromatic carbocycles. The summed E-state index contributed by atoms with van der Waals surface area (Å²) in [4.78, 5) is 11.8. The Morgan fingerprint density at radius 2 is 2.00 bits per heavy atom. The van der Waals surface area contributed by atoms with Crippen molar-refractivity contribution in [1.82, 2.24) is 0 Å². The lowest BCUT2D eigenvalue weighted by molar-refractivity contribution is -0.180. The first-order valence-electron chi connectivity index (χ1n) is 1.06. The molecule has 6 heavy (non-hydrogen) atoms. The summed E-state index contributed by atoms with van der Waals surface area (Å²) in [5.41, 5.74) is 0. The fourth-order valence-electron chi connectivity index (χ4n) is 0. The Morgan fingerprint density at radius 3 is 2.00 bits per heavy atom. The van der Waals surface area contributed by atoms with Crippen molar-refractivity contribution >= 4 is 5.97 Å². The van der Waals surface area contributed by atoms with E-state index in [-0.39, 0.29) is 5.48 Å². The van der Waals surface area contributed by atoms with Crippen molar-refractivity contribution in [3.8, 4) is 0 Å². The second kappa shape index (κ2) is 4.36. The van der Waals surface area contributed by atoms with Crippen molar-refractivity contribution in [3.05, 3.63) is 0 Å². The van der Waals surface area contributed by atoms with Crippen LogP contribution in [0.1, 0.15) is 6.92 Å². The zero-order chi connectivity index (χ0) is 4.28. The molecule has 0 aliphatic carbocycles. The van der Waals surface area contributed by atoms with Crippen LogP contribution < -0.4 is 0 Å². The molecule has 0 heterocycles. The SMILES string of the molecule is CC(=O)OF.O. The molecule has 0 aliphatic heterocycles. The van der Waals surface area contributed by atoms with Crippen LogP contribution in [-0.2, 0) is 9.74 Å². The second-order valence-corrected chi connectivity index (χ2v) is 0.569. The van der Waals surface area contributed by atoms with E-state index in [9.17, 15) is 9.32 Å². The minimum atomic E-state index is -0.912. The molecule has 0 amide bonds. The molecular formula is C2H5FO3. The molecule has 0 spiro atoms. The maximum atomic E-state index is 10.3. The molecule has 0 atom stereocenters. The fraction of sp³-hybridized carbons (Fsp3) is 0.500. The highest BCUT2D eigenvalue weighted by Gasteiger charge is 1.81. The van der Waals surface area contributed by atoms with Crippen molar-refractivity contribution in [1.29, 1.82) is 0 Å². The van der Waals surface area contributed by atoms with Crippen LogP contribution >= 0.6 is 0 Å². The third kappa shape index (κ3) is 10.1. The van der Waals surface area contributed by atoms with Crippen LogP contribution in [0.5, 0.6) is 0 Å². The molecule has 0 aromatic rings. The van der Waals surface area contributed by atoms with Crippen LogP contribution in [-0.4, -0.2) is 11.4 Å². The standard InChI is InChI=1S/C2H3FO2.H2O/c1-2(4)5-3;/h1H3;1H2. The molecule has 0 fully saturated rings. The van der Waals surface area contributed by atoms with Crippen molar-refractivity contribution in [3.63, 3.8) is 0 Å². The number of halogens is 1. The van der Waals surface area contributed by atoms with E-state index in [1.54, 1.807) is 0 Å². The van der Waals surface area contributed by atoms with E-state index in [0.717, 1.165) is 6.92 Å². The molecule has 0 saturated heterocycles. The Morgan fingerprint density at radius 1 is 1.83 bits per heavy atom. The molecule has 38 valence electrons. The van der Waals surface area contributed by atoms with E-state index in [1.165, 1.54) is 0 Å². The Bertz CT molecular complexity index is 44.1. The van der Waals surface area contributed by atoms with E-state index in [2.05, 4.69) is 4.94 Å². The van der Waals surface area contributed by atoms with Crippen LogP contribution in [0.3, 0.4) is 0 Å². The zero-order valence-electron chi connectivity index (χ0n) is 3.19. The highest BCUT2D eigenvalue weighted by molar-refractivity contribution is 5.64. The maximum Gasteiger partial charge on any atom is 0.345 e. The first-order chi connectivity index (χ1) is 2.27. The van der Waals surface area contributed by atoms with Crippen LogP contribution in [0.15, 0.2) is 0 Å². The monoisotopic (exact) mass is 96.0 g/mol. The number of carbonyl (C=O) groups excluding carboxylic acids is 1. The summed E-state index contributed by atoms with van der Waals surface area (Å²) in [6, 6.07) is 0. The van der Waals surface area contributed by atoms with Gasteiger partial charge >= 0.3 is 5.97 Å². The molecule has 0 aliphatic rings. The van der Waals surface area contributed by atoms with Gasteiger partial charge in [0.15, 0.2) is 0 Å². The first-order valence-corrected chi connectivity index (χ1v) is 1.06. The number of hydrogen-bond acceptors (Lipinski definition) is 2. The molecule has 0 saturated carbocycles. The van der Waals surface area contributed by atoms with E-state index in [4.69, 9.17) is 0 Å². The van der Waals surface area contributed by atoms with Gasteiger partial charge in [0.1, 0.15) is 0 Å². The van der Waals surface area contributed by atoms with Crippen molar-refractivity contribution < 1.29 is 19.7 Å². The van der Waals surface area contributed by atoms with Crippen molar-refractivity contribution in [2.45, 2.75) is 6.92 Å². The average molecular weight is 96.1 g/mol. The number of rotatable bonds is 0. The summed E-state index contributed by atoms with van der Waals surface area (Å²) in [5.74, 6) is -0.912. The predicted octanol–water partition coefficient (Wildman–Crippen LogP) is -0.391. The smallest absolute Gasteiger partial charge is 0.345 e. The first kappa shape index (κ1) is 9.03. The highest BCUT2D eigenvalue weighted by atomic mass is 19.3. The van der Waals surface area contributed by atoms with Gasteiger partial charge in [-0.1, -0.05) is 0 Å². The van der Waals surface area contributed by atoms with Crippen molar-refractivity contribution in [2.75, 3.05) is 0 Å². The van der Waals surface area contributed by atoms with Crippen LogP contribution in [0, 0.1) is 0 Å². The van der Waals surface area contributed by atoms with Crippen LogP contribution in [0.2, 0.25) is 0 Å². The molecule has 0 aromatic heterocycles. The van der Waals surface area contributed by atoms with E-state index in [1.807, 2.05) is 0 Å². The molecule has 0 radical (unpaired) electrons. The van der Waals surface area contributed by atoms with Gasteiger partial charge in [-0.15, -0.1) is 0 Å². The lowest BCUT2D eigenvalue weighted by Crippen LogP contribution is -1.83. The minimum absolute atomic E-state index is 0. The Labute approximate surface area is 33.9 Å².